The third kappa shape index (κ3) is 1.96. The first-order chi connectivity index (χ1) is 13.1. The van der Waals surface area contributed by atoms with Gasteiger partial charge in [0.2, 0.25) is 0 Å². The topological polar surface area (TPSA) is 42.0 Å². The van der Waals surface area contributed by atoms with Crippen LogP contribution in [0.2, 0.25) is 0 Å². The standard InChI is InChI=1S/C22H28N2O3/c1-5-13-10-15-18(21(25)27-4)22-8-9-24(12-13)19(15)20(22)23(2)17-7-6-14(26-3)11-16(17)22/h5-7,11,15,18-20H,8-10,12H2,1-4H3. The maximum atomic E-state index is 13.2. The summed E-state index contributed by atoms with van der Waals surface area (Å²) in [6.45, 7) is 4.19. The minimum Gasteiger partial charge on any atom is -0.497 e. The lowest BCUT2D eigenvalue weighted by atomic mass is 9.67. The lowest BCUT2D eigenvalue weighted by Crippen LogP contribution is -2.60. The molecule has 0 spiro atoms. The van der Waals surface area contributed by atoms with Gasteiger partial charge >= 0.3 is 5.97 Å². The van der Waals surface area contributed by atoms with Crippen LogP contribution in [0, 0.1) is 11.8 Å². The number of piperidine rings is 2. The quantitative estimate of drug-likeness (QED) is 0.593. The molecule has 5 heteroatoms. The Kier molecular flexibility index (Phi) is 3.64. The average molecular weight is 368 g/mol. The molecule has 4 aliphatic rings. The van der Waals surface area contributed by atoms with Crippen molar-refractivity contribution in [2.75, 3.05) is 39.3 Å². The van der Waals surface area contributed by atoms with E-state index in [1.165, 1.54) is 16.8 Å². The van der Waals surface area contributed by atoms with Gasteiger partial charge in [-0.2, -0.15) is 0 Å². The first kappa shape index (κ1) is 17.1. The van der Waals surface area contributed by atoms with E-state index in [1.54, 1.807) is 14.2 Å². The molecule has 27 heavy (non-hydrogen) atoms. The SMILES string of the molecule is CC=C1CC2C3C4N(C)c5ccc(OC)cc5C4(CCN3C1)C2C(=O)OC. The number of hydrogen-bond donors (Lipinski definition) is 0. The van der Waals surface area contributed by atoms with Crippen molar-refractivity contribution in [2.45, 2.75) is 37.3 Å². The summed E-state index contributed by atoms with van der Waals surface area (Å²) in [6.07, 6.45) is 4.24. The number of esters is 1. The van der Waals surface area contributed by atoms with Gasteiger partial charge < -0.3 is 14.4 Å². The van der Waals surface area contributed by atoms with Crippen molar-refractivity contribution in [1.29, 1.82) is 0 Å². The molecule has 0 aromatic heterocycles. The molecular weight excluding hydrogens is 340 g/mol. The fraction of sp³-hybridized carbons (Fsp3) is 0.591. The molecule has 1 aromatic carbocycles. The van der Waals surface area contributed by atoms with Crippen molar-refractivity contribution in [3.05, 3.63) is 35.4 Å². The molecule has 3 aliphatic heterocycles. The number of fused-ring (bicyclic) bond motifs is 1. The molecule has 2 saturated heterocycles. The number of ether oxygens (including phenoxy) is 2. The summed E-state index contributed by atoms with van der Waals surface area (Å²) >= 11 is 0. The zero-order valence-corrected chi connectivity index (χ0v) is 16.6. The van der Waals surface area contributed by atoms with Crippen LogP contribution in [0.15, 0.2) is 29.8 Å². The zero-order valence-electron chi connectivity index (χ0n) is 16.6. The van der Waals surface area contributed by atoms with Gasteiger partial charge in [-0.1, -0.05) is 11.6 Å². The largest absolute Gasteiger partial charge is 0.497 e. The van der Waals surface area contributed by atoms with Crippen molar-refractivity contribution in [3.8, 4) is 5.75 Å². The molecule has 1 aliphatic carbocycles. The molecule has 5 rings (SSSR count). The molecule has 144 valence electrons. The molecule has 0 radical (unpaired) electrons. The molecule has 5 unspecified atom stereocenters. The lowest BCUT2D eigenvalue weighted by molar-refractivity contribution is -0.149. The van der Waals surface area contributed by atoms with E-state index in [-0.39, 0.29) is 17.3 Å². The van der Waals surface area contributed by atoms with E-state index in [2.05, 4.69) is 42.0 Å². The fourth-order valence-corrected chi connectivity index (χ4v) is 6.83. The highest BCUT2D eigenvalue weighted by Gasteiger charge is 2.71. The number of rotatable bonds is 2. The summed E-state index contributed by atoms with van der Waals surface area (Å²) in [5.41, 5.74) is 3.80. The Morgan fingerprint density at radius 2 is 2.15 bits per heavy atom. The second-order valence-corrected chi connectivity index (χ2v) is 8.51. The van der Waals surface area contributed by atoms with Gasteiger partial charge in [0.25, 0.3) is 0 Å². The molecule has 5 nitrogen and oxygen atoms in total. The Morgan fingerprint density at radius 3 is 2.85 bits per heavy atom. The maximum Gasteiger partial charge on any atom is 0.310 e. The Bertz CT molecular complexity index is 835. The number of anilines is 1. The van der Waals surface area contributed by atoms with Gasteiger partial charge in [-0.05, 0) is 56.0 Å². The summed E-state index contributed by atoms with van der Waals surface area (Å²) in [6, 6.07) is 7.08. The minimum absolute atomic E-state index is 0.0456. The lowest BCUT2D eigenvalue weighted by Gasteiger charge is -2.48. The number of allylic oxidation sites excluding steroid dienone is 1. The highest BCUT2D eigenvalue weighted by Crippen LogP contribution is 2.65. The number of nitrogens with zero attached hydrogens (tertiary/aromatic N) is 2. The van der Waals surface area contributed by atoms with Crippen LogP contribution >= 0.6 is 0 Å². The maximum absolute atomic E-state index is 13.2. The Hall–Kier alpha value is -2.01. The Balaban J connectivity index is 1.74. The first-order valence-corrected chi connectivity index (χ1v) is 9.94. The molecule has 1 aromatic rings. The van der Waals surface area contributed by atoms with Crippen LogP contribution in [0.5, 0.6) is 5.75 Å². The average Bonchev–Trinajstić information content (AvgIpc) is 3.11. The number of methoxy groups -OCH3 is 2. The summed E-state index contributed by atoms with van der Waals surface area (Å²) < 4.78 is 10.9. The summed E-state index contributed by atoms with van der Waals surface area (Å²) in [5.74, 6) is 1.03. The Labute approximate surface area is 160 Å². The Morgan fingerprint density at radius 1 is 1.33 bits per heavy atom. The van der Waals surface area contributed by atoms with Crippen LogP contribution in [-0.4, -0.2) is 57.3 Å². The first-order valence-electron chi connectivity index (χ1n) is 9.94. The third-order valence-corrected chi connectivity index (χ3v) is 7.78. The van der Waals surface area contributed by atoms with E-state index >= 15 is 0 Å². The monoisotopic (exact) mass is 368 g/mol. The van der Waals surface area contributed by atoms with E-state index in [4.69, 9.17) is 9.47 Å². The summed E-state index contributed by atoms with van der Waals surface area (Å²) in [4.78, 5) is 18.2. The molecule has 3 fully saturated rings. The molecule has 1 saturated carbocycles. The molecule has 0 N–H and O–H groups in total. The number of likely N-dealkylation sites (N-methyl/N-ethyl adjacent to an activating group) is 1. The van der Waals surface area contributed by atoms with Gasteiger partial charge in [0, 0.05) is 30.7 Å². The molecule has 2 bridgehead atoms. The van der Waals surface area contributed by atoms with Gasteiger partial charge in [-0.25, -0.2) is 0 Å². The molecular formula is C22H28N2O3. The fourth-order valence-electron chi connectivity index (χ4n) is 6.83. The van der Waals surface area contributed by atoms with E-state index in [9.17, 15) is 4.79 Å². The van der Waals surface area contributed by atoms with Crippen molar-refractivity contribution in [3.63, 3.8) is 0 Å². The predicted octanol–water partition coefficient (Wildman–Crippen LogP) is 2.59. The highest BCUT2D eigenvalue weighted by molar-refractivity contribution is 5.81. The second kappa shape index (κ2) is 5.74. The summed E-state index contributed by atoms with van der Waals surface area (Å²) in [7, 11) is 5.45. The van der Waals surface area contributed by atoms with E-state index in [0.717, 1.165) is 31.7 Å². The van der Waals surface area contributed by atoms with Crippen molar-refractivity contribution in [1.82, 2.24) is 4.90 Å². The predicted molar refractivity (Wildman–Crippen MR) is 104 cm³/mol. The smallest absolute Gasteiger partial charge is 0.310 e. The molecule has 0 amide bonds. The zero-order chi connectivity index (χ0) is 18.9. The van der Waals surface area contributed by atoms with Crippen molar-refractivity contribution < 1.29 is 14.3 Å². The number of carbonyl (C=O) groups is 1. The third-order valence-electron chi connectivity index (χ3n) is 7.78. The van der Waals surface area contributed by atoms with Crippen LogP contribution in [0.3, 0.4) is 0 Å². The molecule has 3 heterocycles. The summed E-state index contributed by atoms with van der Waals surface area (Å²) in [5, 5.41) is 0. The van der Waals surface area contributed by atoms with Crippen LogP contribution < -0.4 is 9.64 Å². The van der Waals surface area contributed by atoms with Crippen molar-refractivity contribution >= 4 is 11.7 Å². The normalized spacial score (nSPS) is 37.9. The van der Waals surface area contributed by atoms with Gasteiger partial charge in [0.05, 0.1) is 26.2 Å². The van der Waals surface area contributed by atoms with E-state index in [0.29, 0.717) is 18.0 Å². The van der Waals surface area contributed by atoms with E-state index in [1.807, 2.05) is 6.07 Å². The van der Waals surface area contributed by atoms with Crippen LogP contribution in [-0.2, 0) is 14.9 Å². The van der Waals surface area contributed by atoms with Crippen molar-refractivity contribution in [2.24, 2.45) is 11.8 Å². The van der Waals surface area contributed by atoms with Gasteiger partial charge in [-0.3, -0.25) is 9.69 Å². The molecule has 5 atom stereocenters. The van der Waals surface area contributed by atoms with Gasteiger partial charge in [-0.15, -0.1) is 0 Å². The number of hydrogen-bond acceptors (Lipinski definition) is 5. The highest BCUT2D eigenvalue weighted by atomic mass is 16.5. The van der Waals surface area contributed by atoms with Crippen LogP contribution in [0.25, 0.3) is 0 Å². The van der Waals surface area contributed by atoms with Crippen LogP contribution in [0.4, 0.5) is 5.69 Å². The van der Waals surface area contributed by atoms with Crippen LogP contribution in [0.1, 0.15) is 25.3 Å². The van der Waals surface area contributed by atoms with Gasteiger partial charge in [0.15, 0.2) is 0 Å². The van der Waals surface area contributed by atoms with E-state index < -0.39 is 0 Å². The number of carbonyl (C=O) groups excluding carboxylic acids is 1. The second-order valence-electron chi connectivity index (χ2n) is 8.51. The van der Waals surface area contributed by atoms with Gasteiger partial charge in [0.1, 0.15) is 5.75 Å². The minimum atomic E-state index is -0.180. The number of benzene rings is 1.